The Bertz CT molecular complexity index is 860. The molecular weight excluding hydrogens is 641 g/mol. The molecule has 0 spiro atoms. The van der Waals surface area contributed by atoms with Crippen LogP contribution in [-0.4, -0.2) is 70.0 Å². The number of unbranched alkanes of at least 4 members (excludes halogenated alkanes) is 20. The molecule has 0 heterocycles. The molecule has 0 aromatic rings. The summed E-state index contributed by atoms with van der Waals surface area (Å²) in [6, 6.07) is 0. The normalized spacial score (nSPS) is 13.8. The van der Waals surface area contributed by atoms with Crippen molar-refractivity contribution in [3.63, 3.8) is 0 Å². The number of ether oxygens (including phenoxy) is 2. The number of rotatable bonds is 36. The molecule has 2 atom stereocenters. The van der Waals surface area contributed by atoms with Gasteiger partial charge in [-0.15, -0.1) is 0 Å². The molecule has 0 N–H and O–H groups in total. The van der Waals surface area contributed by atoms with Crippen molar-refractivity contribution in [2.24, 2.45) is 0 Å². The van der Waals surface area contributed by atoms with E-state index in [9.17, 15) is 19.0 Å². The summed E-state index contributed by atoms with van der Waals surface area (Å²) in [6.45, 7) is 4.18. The number of phosphoric ester groups is 1. The van der Waals surface area contributed by atoms with Gasteiger partial charge in [-0.25, -0.2) is 0 Å². The summed E-state index contributed by atoms with van der Waals surface area (Å²) in [7, 11) is 1.17. The van der Waals surface area contributed by atoms with Gasteiger partial charge in [0.2, 0.25) is 0 Å². The topological polar surface area (TPSA) is 111 Å². The quantitative estimate of drug-likeness (QED) is 0.0207. The highest BCUT2D eigenvalue weighted by atomic mass is 31.2. The van der Waals surface area contributed by atoms with Crippen LogP contribution in [-0.2, 0) is 32.7 Å². The summed E-state index contributed by atoms with van der Waals surface area (Å²) in [5.74, 6) is -0.841. The minimum atomic E-state index is -4.61. The maximum Gasteiger partial charge on any atom is 0.306 e. The lowest BCUT2D eigenvalue weighted by Crippen LogP contribution is -2.37. The van der Waals surface area contributed by atoms with E-state index >= 15 is 0 Å². The van der Waals surface area contributed by atoms with Crippen molar-refractivity contribution >= 4 is 19.8 Å². The Labute approximate surface area is 301 Å². The number of phosphoric acid groups is 1. The average Bonchev–Trinajstić information content (AvgIpc) is 3.04. The molecule has 0 fully saturated rings. The van der Waals surface area contributed by atoms with Gasteiger partial charge < -0.3 is 27.9 Å². The van der Waals surface area contributed by atoms with E-state index in [-0.39, 0.29) is 26.1 Å². The lowest BCUT2D eigenvalue weighted by molar-refractivity contribution is -0.870. The Morgan fingerprint density at radius 2 is 1.06 bits per heavy atom. The first-order chi connectivity index (χ1) is 23.5. The second kappa shape index (κ2) is 32.6. The van der Waals surface area contributed by atoms with Crippen LogP contribution in [0.2, 0.25) is 0 Å². The van der Waals surface area contributed by atoms with Crippen LogP contribution in [0.5, 0.6) is 0 Å². The maximum atomic E-state index is 12.6. The highest BCUT2D eigenvalue weighted by molar-refractivity contribution is 7.45. The van der Waals surface area contributed by atoms with Crippen LogP contribution >= 0.6 is 7.82 Å². The SMILES string of the molecule is CCCC/C=C/CCCCCCCC(=O)OC[C@H](COP(=O)([O-])OCC[N+](C)(C)C)OC(=O)CCCCCCCCCCCCCCCC. The monoisotopic (exact) mass is 718 g/mol. The maximum absolute atomic E-state index is 12.6. The van der Waals surface area contributed by atoms with Gasteiger partial charge in [0.15, 0.2) is 6.10 Å². The first-order valence-corrected chi connectivity index (χ1v) is 21.4. The predicted octanol–water partition coefficient (Wildman–Crippen LogP) is 10.00. The number of quaternary nitrogens is 1. The van der Waals surface area contributed by atoms with Crippen molar-refractivity contribution in [1.29, 1.82) is 0 Å². The zero-order valence-electron chi connectivity index (χ0n) is 32.4. The largest absolute Gasteiger partial charge is 0.756 e. The van der Waals surface area contributed by atoms with E-state index < -0.39 is 32.5 Å². The van der Waals surface area contributed by atoms with Gasteiger partial charge >= 0.3 is 11.9 Å². The number of nitrogens with zero attached hydrogens (tertiary/aromatic N) is 1. The van der Waals surface area contributed by atoms with E-state index in [0.29, 0.717) is 17.4 Å². The molecular formula is C39H76NO8P. The minimum Gasteiger partial charge on any atom is -0.756 e. The van der Waals surface area contributed by atoms with Gasteiger partial charge in [0.1, 0.15) is 19.8 Å². The van der Waals surface area contributed by atoms with Crippen molar-refractivity contribution in [1.82, 2.24) is 0 Å². The summed E-state index contributed by atoms with van der Waals surface area (Å²) >= 11 is 0. The van der Waals surface area contributed by atoms with Crippen LogP contribution < -0.4 is 4.89 Å². The Balaban J connectivity index is 4.41. The number of carbonyl (C=O) groups excluding carboxylic acids is 2. The van der Waals surface area contributed by atoms with E-state index in [0.717, 1.165) is 57.8 Å². The number of hydrogen-bond donors (Lipinski definition) is 0. The third kappa shape index (κ3) is 36.3. The standard InChI is InChI=1S/C39H76NO8P/c1-6-8-10-12-14-16-18-19-20-22-24-26-28-30-32-39(42)48-37(36-47-49(43,44)46-34-33-40(3,4)5)35-45-38(41)31-29-27-25-23-21-17-15-13-11-9-7-2/h13,15,37H,6-12,14,16-36H2,1-5H3/b15-13+/t37-/m1/s1. The van der Waals surface area contributed by atoms with Crippen LogP contribution in [0.4, 0.5) is 0 Å². The van der Waals surface area contributed by atoms with Crippen molar-refractivity contribution in [2.75, 3.05) is 47.5 Å². The minimum absolute atomic E-state index is 0.0293. The molecule has 49 heavy (non-hydrogen) atoms. The van der Waals surface area contributed by atoms with Crippen LogP contribution in [0.3, 0.4) is 0 Å². The second-order valence-corrected chi connectivity index (χ2v) is 16.1. The van der Waals surface area contributed by atoms with Gasteiger partial charge in [0.05, 0.1) is 27.7 Å². The zero-order valence-corrected chi connectivity index (χ0v) is 33.3. The Morgan fingerprint density at radius 1 is 0.612 bits per heavy atom. The Morgan fingerprint density at radius 3 is 1.57 bits per heavy atom. The Kier molecular flexibility index (Phi) is 31.8. The Hall–Kier alpha value is -1.25. The fourth-order valence-corrected chi connectivity index (χ4v) is 6.07. The summed E-state index contributed by atoms with van der Waals surface area (Å²) in [4.78, 5) is 37.3. The summed E-state index contributed by atoms with van der Waals surface area (Å²) in [5.41, 5.74) is 0. The third-order valence-electron chi connectivity index (χ3n) is 8.54. The number of allylic oxidation sites excluding steroid dienone is 2. The number of carbonyl (C=O) groups is 2. The average molecular weight is 718 g/mol. The second-order valence-electron chi connectivity index (χ2n) is 14.7. The zero-order chi connectivity index (χ0) is 36.5. The molecule has 0 rings (SSSR count). The van der Waals surface area contributed by atoms with Crippen LogP contribution in [0.25, 0.3) is 0 Å². The fourth-order valence-electron chi connectivity index (χ4n) is 5.34. The van der Waals surface area contributed by atoms with E-state index in [1.165, 1.54) is 83.5 Å². The lowest BCUT2D eigenvalue weighted by atomic mass is 10.0. The number of likely N-dealkylation sites (N-methyl/N-ethyl adjacent to an activating group) is 1. The molecule has 10 heteroatoms. The first-order valence-electron chi connectivity index (χ1n) is 19.9. The van der Waals surface area contributed by atoms with Gasteiger partial charge in [-0.2, -0.15) is 0 Å². The molecule has 290 valence electrons. The smallest absolute Gasteiger partial charge is 0.306 e. The molecule has 0 aliphatic rings. The fraction of sp³-hybridized carbons (Fsp3) is 0.897. The van der Waals surface area contributed by atoms with Gasteiger partial charge in [0.25, 0.3) is 7.82 Å². The highest BCUT2D eigenvalue weighted by Crippen LogP contribution is 2.38. The van der Waals surface area contributed by atoms with E-state index in [1.807, 2.05) is 21.1 Å². The molecule has 0 aromatic heterocycles. The van der Waals surface area contributed by atoms with E-state index in [4.69, 9.17) is 18.5 Å². The van der Waals surface area contributed by atoms with E-state index in [1.54, 1.807) is 0 Å². The lowest BCUT2D eigenvalue weighted by Gasteiger charge is -2.28. The predicted molar refractivity (Wildman–Crippen MR) is 199 cm³/mol. The molecule has 0 saturated carbocycles. The highest BCUT2D eigenvalue weighted by Gasteiger charge is 2.21. The molecule has 1 unspecified atom stereocenters. The summed E-state index contributed by atoms with van der Waals surface area (Å²) in [5, 5.41) is 0. The van der Waals surface area contributed by atoms with E-state index in [2.05, 4.69) is 26.0 Å². The first kappa shape index (κ1) is 47.8. The molecule has 0 amide bonds. The number of esters is 2. The summed E-state index contributed by atoms with van der Waals surface area (Å²) < 4.78 is 33.8. The molecule has 0 aliphatic heterocycles. The van der Waals surface area contributed by atoms with Gasteiger partial charge in [-0.05, 0) is 32.1 Å². The molecule has 0 bridgehead atoms. The van der Waals surface area contributed by atoms with Gasteiger partial charge in [-0.3, -0.25) is 14.2 Å². The van der Waals surface area contributed by atoms with Gasteiger partial charge in [0, 0.05) is 12.8 Å². The molecule has 0 radical (unpaired) electrons. The molecule has 0 aromatic carbocycles. The molecule has 9 nitrogen and oxygen atoms in total. The molecule has 0 saturated heterocycles. The van der Waals surface area contributed by atoms with Crippen LogP contribution in [0, 0.1) is 0 Å². The van der Waals surface area contributed by atoms with Crippen LogP contribution in [0.1, 0.15) is 174 Å². The van der Waals surface area contributed by atoms with Crippen molar-refractivity contribution in [3.8, 4) is 0 Å². The van der Waals surface area contributed by atoms with Gasteiger partial charge in [-0.1, -0.05) is 142 Å². The van der Waals surface area contributed by atoms with Crippen LogP contribution in [0.15, 0.2) is 12.2 Å². The molecule has 0 aliphatic carbocycles. The van der Waals surface area contributed by atoms with Crippen molar-refractivity contribution < 1.29 is 42.1 Å². The van der Waals surface area contributed by atoms with Crippen molar-refractivity contribution in [2.45, 2.75) is 180 Å². The third-order valence-corrected chi connectivity index (χ3v) is 9.50. The van der Waals surface area contributed by atoms with Crippen molar-refractivity contribution in [3.05, 3.63) is 12.2 Å². The summed E-state index contributed by atoms with van der Waals surface area (Å²) in [6.07, 6.45) is 30.9. The number of hydrogen-bond acceptors (Lipinski definition) is 8.